The zero-order valence-electron chi connectivity index (χ0n) is 13.0. The summed E-state index contributed by atoms with van der Waals surface area (Å²) < 4.78 is 1.80. The van der Waals surface area contributed by atoms with Gasteiger partial charge in [0.1, 0.15) is 0 Å². The van der Waals surface area contributed by atoms with Gasteiger partial charge in [-0.2, -0.15) is 0 Å². The summed E-state index contributed by atoms with van der Waals surface area (Å²) in [7, 11) is 0. The van der Waals surface area contributed by atoms with Crippen LogP contribution in [0.4, 0.5) is 0 Å². The van der Waals surface area contributed by atoms with Crippen molar-refractivity contribution >= 4 is 23.6 Å². The van der Waals surface area contributed by atoms with Crippen LogP contribution in [0.25, 0.3) is 0 Å². The average Bonchev–Trinajstić information content (AvgIpc) is 3.29. The normalized spacial score (nSPS) is 14.5. The van der Waals surface area contributed by atoms with E-state index in [9.17, 15) is 9.59 Å². The summed E-state index contributed by atoms with van der Waals surface area (Å²) >= 11 is 1.26. The lowest BCUT2D eigenvalue weighted by atomic mass is 10.2. The van der Waals surface area contributed by atoms with Crippen molar-refractivity contribution < 1.29 is 9.59 Å². The van der Waals surface area contributed by atoms with Crippen molar-refractivity contribution in [2.45, 2.75) is 36.9 Å². The van der Waals surface area contributed by atoms with Crippen LogP contribution in [0.3, 0.4) is 0 Å². The van der Waals surface area contributed by atoms with E-state index in [1.165, 1.54) is 24.6 Å². The first-order chi connectivity index (χ1) is 11.7. The number of nitrogens with one attached hydrogen (secondary N) is 2. The highest BCUT2D eigenvalue weighted by Crippen LogP contribution is 2.31. The summed E-state index contributed by atoms with van der Waals surface area (Å²) in [5, 5.41) is 12.3. The van der Waals surface area contributed by atoms with E-state index < -0.39 is 0 Å². The first-order valence-corrected chi connectivity index (χ1v) is 8.77. The van der Waals surface area contributed by atoms with Gasteiger partial charge in [0.25, 0.3) is 5.91 Å². The molecule has 1 aromatic carbocycles. The fourth-order valence-electron chi connectivity index (χ4n) is 2.61. The summed E-state index contributed by atoms with van der Waals surface area (Å²) in [5.74, 6) is -0.544. The number of thioether (sulfide) groups is 1. The number of hydrogen-bond donors (Lipinski definition) is 2. The van der Waals surface area contributed by atoms with Crippen LogP contribution in [0.2, 0.25) is 0 Å². The van der Waals surface area contributed by atoms with Crippen LogP contribution in [0.1, 0.15) is 42.1 Å². The first-order valence-electron chi connectivity index (χ1n) is 7.79. The topological polar surface area (TPSA) is 102 Å². The highest BCUT2D eigenvalue weighted by molar-refractivity contribution is 7.99. The number of benzene rings is 1. The maximum Gasteiger partial charge on any atom is 0.269 e. The van der Waals surface area contributed by atoms with Crippen molar-refractivity contribution in [3.05, 3.63) is 35.9 Å². The largest absolute Gasteiger partial charge is 0.272 e. The molecule has 1 fully saturated rings. The second-order valence-corrected chi connectivity index (χ2v) is 6.44. The van der Waals surface area contributed by atoms with Crippen LogP contribution in [0, 0.1) is 0 Å². The van der Waals surface area contributed by atoms with Gasteiger partial charge in [-0.3, -0.25) is 20.4 Å². The lowest BCUT2D eigenvalue weighted by Crippen LogP contribution is -2.42. The Kier molecular flexibility index (Phi) is 5.42. The zero-order chi connectivity index (χ0) is 16.8. The second kappa shape index (κ2) is 7.91. The molecule has 0 atom stereocenters. The van der Waals surface area contributed by atoms with E-state index >= 15 is 0 Å². The van der Waals surface area contributed by atoms with E-state index in [0.29, 0.717) is 16.8 Å². The highest BCUT2D eigenvalue weighted by Gasteiger charge is 2.22. The van der Waals surface area contributed by atoms with Crippen LogP contribution < -0.4 is 10.9 Å². The molecule has 8 nitrogen and oxygen atoms in total. The van der Waals surface area contributed by atoms with Gasteiger partial charge >= 0.3 is 0 Å². The van der Waals surface area contributed by atoms with Crippen molar-refractivity contribution in [3.8, 4) is 0 Å². The molecule has 0 saturated heterocycles. The number of carbonyl (C=O) groups is 2. The summed E-state index contributed by atoms with van der Waals surface area (Å²) in [6.45, 7) is 0. The number of hydrogen-bond acceptors (Lipinski definition) is 6. The lowest BCUT2D eigenvalue weighted by Gasteiger charge is -2.11. The number of hydrazine groups is 1. The Morgan fingerprint density at radius 2 is 1.92 bits per heavy atom. The summed E-state index contributed by atoms with van der Waals surface area (Å²) in [5.41, 5.74) is 5.27. The fourth-order valence-corrected chi connectivity index (χ4v) is 3.36. The average molecular weight is 346 g/mol. The molecule has 2 N–H and O–H groups in total. The molecule has 2 amide bonds. The Bertz CT molecular complexity index is 699. The quantitative estimate of drug-likeness (QED) is 0.626. The summed E-state index contributed by atoms with van der Waals surface area (Å²) in [6.07, 6.45) is 4.50. The lowest BCUT2D eigenvalue weighted by molar-refractivity contribution is -0.119. The Morgan fingerprint density at radius 3 is 2.67 bits per heavy atom. The Balaban J connectivity index is 1.46. The molecule has 126 valence electrons. The van der Waals surface area contributed by atoms with Crippen molar-refractivity contribution in [2.24, 2.45) is 0 Å². The third-order valence-corrected chi connectivity index (χ3v) is 4.75. The molecule has 0 spiro atoms. The van der Waals surface area contributed by atoms with E-state index in [4.69, 9.17) is 0 Å². The van der Waals surface area contributed by atoms with Gasteiger partial charge in [0.2, 0.25) is 11.1 Å². The maximum atomic E-state index is 11.9. The van der Waals surface area contributed by atoms with Crippen LogP contribution in [-0.2, 0) is 4.79 Å². The molecular formula is C15H18N6O2S. The Hall–Kier alpha value is -2.42. The Morgan fingerprint density at radius 1 is 1.17 bits per heavy atom. The maximum absolute atomic E-state index is 11.9. The van der Waals surface area contributed by atoms with Crippen molar-refractivity contribution in [3.63, 3.8) is 0 Å². The number of tetrazole rings is 1. The molecule has 3 rings (SSSR count). The monoisotopic (exact) mass is 346 g/mol. The first kappa shape index (κ1) is 16.4. The van der Waals surface area contributed by atoms with Gasteiger partial charge in [-0.25, -0.2) is 4.68 Å². The molecule has 1 heterocycles. The van der Waals surface area contributed by atoms with Gasteiger partial charge in [-0.05, 0) is 35.4 Å². The second-order valence-electron chi connectivity index (χ2n) is 5.50. The van der Waals surface area contributed by atoms with Gasteiger partial charge in [0.15, 0.2) is 0 Å². The highest BCUT2D eigenvalue weighted by atomic mass is 32.2. The minimum Gasteiger partial charge on any atom is -0.272 e. The minimum absolute atomic E-state index is 0.127. The molecule has 24 heavy (non-hydrogen) atoms. The van der Waals surface area contributed by atoms with Gasteiger partial charge in [-0.15, -0.1) is 5.10 Å². The van der Waals surface area contributed by atoms with E-state index in [-0.39, 0.29) is 17.6 Å². The molecule has 9 heteroatoms. The van der Waals surface area contributed by atoms with Crippen LogP contribution >= 0.6 is 11.8 Å². The van der Waals surface area contributed by atoms with E-state index in [1.54, 1.807) is 28.9 Å². The van der Waals surface area contributed by atoms with Gasteiger partial charge in [0, 0.05) is 5.56 Å². The fraction of sp³-hybridized carbons (Fsp3) is 0.400. The molecule has 1 aliphatic rings. The molecular weight excluding hydrogens is 328 g/mol. The Labute approximate surface area is 143 Å². The number of carbonyl (C=O) groups excluding carboxylic acids is 2. The summed E-state index contributed by atoms with van der Waals surface area (Å²) in [6, 6.07) is 9.01. The van der Waals surface area contributed by atoms with E-state index in [1.807, 2.05) is 6.07 Å². The third kappa shape index (κ3) is 4.10. The number of amides is 2. The molecule has 1 aromatic heterocycles. The van der Waals surface area contributed by atoms with Gasteiger partial charge < -0.3 is 0 Å². The van der Waals surface area contributed by atoms with Gasteiger partial charge in [0.05, 0.1) is 11.8 Å². The molecule has 0 bridgehead atoms. The molecule has 1 saturated carbocycles. The summed E-state index contributed by atoms with van der Waals surface area (Å²) in [4.78, 5) is 23.7. The van der Waals surface area contributed by atoms with Crippen molar-refractivity contribution in [1.82, 2.24) is 31.1 Å². The predicted molar refractivity (Wildman–Crippen MR) is 88.1 cm³/mol. The smallest absolute Gasteiger partial charge is 0.269 e. The number of rotatable bonds is 5. The standard InChI is InChI=1S/C15H18N6O2S/c22-13(16-17-14(23)11-6-2-1-3-7-11)10-24-15-18-19-20-21(15)12-8-4-5-9-12/h1-3,6-7,12H,4-5,8-10H2,(H,16,22)(H,17,23). The SMILES string of the molecule is O=C(CSc1nnnn1C1CCCC1)NNC(=O)c1ccccc1. The molecule has 1 aliphatic carbocycles. The van der Waals surface area contributed by atoms with Gasteiger partial charge in [-0.1, -0.05) is 42.8 Å². The number of nitrogens with zero attached hydrogens (tertiary/aromatic N) is 4. The van der Waals surface area contributed by atoms with Crippen LogP contribution in [0.5, 0.6) is 0 Å². The third-order valence-electron chi connectivity index (χ3n) is 3.82. The zero-order valence-corrected chi connectivity index (χ0v) is 13.8. The predicted octanol–water partition coefficient (Wildman–Crippen LogP) is 1.34. The van der Waals surface area contributed by atoms with Crippen LogP contribution in [0.15, 0.2) is 35.5 Å². The molecule has 0 radical (unpaired) electrons. The molecule has 2 aromatic rings. The number of aromatic nitrogens is 4. The van der Waals surface area contributed by atoms with E-state index in [0.717, 1.165) is 12.8 Å². The molecule has 0 unspecified atom stereocenters. The molecule has 0 aliphatic heterocycles. The van der Waals surface area contributed by atoms with Crippen LogP contribution in [-0.4, -0.2) is 37.8 Å². The van der Waals surface area contributed by atoms with E-state index in [2.05, 4.69) is 26.4 Å². The van der Waals surface area contributed by atoms with Crippen molar-refractivity contribution in [1.29, 1.82) is 0 Å². The van der Waals surface area contributed by atoms with Crippen molar-refractivity contribution in [2.75, 3.05) is 5.75 Å². The minimum atomic E-state index is -0.357.